The molecule has 2 aliphatic heterocycles. The van der Waals surface area contributed by atoms with Crippen LogP contribution in [0.25, 0.3) is 0 Å². The van der Waals surface area contributed by atoms with Crippen molar-refractivity contribution < 1.29 is 0 Å². The van der Waals surface area contributed by atoms with Crippen LogP contribution in [-0.4, -0.2) is 79.9 Å². The van der Waals surface area contributed by atoms with Crippen molar-refractivity contribution in [2.24, 2.45) is 10.8 Å². The lowest BCUT2D eigenvalue weighted by Gasteiger charge is -2.38. The molecule has 18 heavy (non-hydrogen) atoms. The molecule has 2 aliphatic rings. The van der Waals surface area contributed by atoms with Gasteiger partial charge < -0.3 is 16.4 Å². The highest BCUT2D eigenvalue weighted by atomic mass is 15.7. The topological polar surface area (TPSA) is 72.2 Å². The molecule has 0 atom stereocenters. The molecule has 0 aromatic heterocycles. The predicted octanol–water partition coefficient (Wildman–Crippen LogP) is -1.74. The molecule has 2 saturated heterocycles. The highest BCUT2D eigenvalue weighted by molar-refractivity contribution is 5.77. The van der Waals surface area contributed by atoms with Crippen molar-refractivity contribution in [2.75, 3.05) is 58.9 Å². The molecule has 0 radical (unpaired) electrons. The summed E-state index contributed by atoms with van der Waals surface area (Å²) in [5, 5.41) is 17.6. The number of hydrogen-bond donors (Lipinski definition) is 3. The van der Waals surface area contributed by atoms with Gasteiger partial charge in [0.05, 0.1) is 0 Å². The lowest BCUT2D eigenvalue weighted by Crippen LogP contribution is -2.57. The Morgan fingerprint density at radius 1 is 1.11 bits per heavy atom. The van der Waals surface area contributed by atoms with Crippen molar-refractivity contribution in [2.45, 2.75) is 6.92 Å². The number of hydrazine groups is 1. The molecule has 0 aliphatic carbocycles. The number of nitrogens with one attached hydrogen (secondary N) is 2. The molecule has 0 aromatic rings. The monoisotopic (exact) mass is 255 g/mol. The third-order valence-electron chi connectivity index (χ3n) is 3.34. The molecule has 0 aromatic carbocycles. The first-order chi connectivity index (χ1) is 8.81. The average Bonchev–Trinajstić information content (AvgIpc) is 2.42. The molecule has 0 saturated carbocycles. The van der Waals surface area contributed by atoms with Crippen LogP contribution in [0.5, 0.6) is 0 Å². The van der Waals surface area contributed by atoms with E-state index < -0.39 is 0 Å². The van der Waals surface area contributed by atoms with Gasteiger partial charge in [-0.05, 0) is 6.92 Å². The largest absolute Gasteiger partial charge is 0.367 e. The van der Waals surface area contributed by atoms with E-state index in [-0.39, 0.29) is 0 Å². The summed E-state index contributed by atoms with van der Waals surface area (Å²) < 4.78 is 0. The molecule has 7 nitrogen and oxygen atoms in total. The summed E-state index contributed by atoms with van der Waals surface area (Å²) in [6, 6.07) is 0. The first-order valence-corrected chi connectivity index (χ1v) is 6.84. The summed E-state index contributed by atoms with van der Waals surface area (Å²) in [7, 11) is 0. The maximum absolute atomic E-state index is 6.14. The highest BCUT2D eigenvalue weighted by Gasteiger charge is 2.19. The van der Waals surface area contributed by atoms with Crippen LogP contribution < -0.4 is 16.4 Å². The summed E-state index contributed by atoms with van der Waals surface area (Å²) in [5.41, 5.74) is 6.14. The smallest absolute Gasteiger partial charge is 0.228 e. The van der Waals surface area contributed by atoms with Crippen LogP contribution in [0.1, 0.15) is 6.92 Å². The van der Waals surface area contributed by atoms with Crippen LogP contribution in [0.2, 0.25) is 0 Å². The van der Waals surface area contributed by atoms with Crippen molar-refractivity contribution in [3.63, 3.8) is 0 Å². The zero-order chi connectivity index (χ0) is 12.8. The first kappa shape index (κ1) is 13.4. The van der Waals surface area contributed by atoms with Crippen LogP contribution in [0, 0.1) is 0 Å². The molecule has 0 unspecified atom stereocenters. The van der Waals surface area contributed by atoms with Crippen LogP contribution >= 0.6 is 0 Å². The van der Waals surface area contributed by atoms with Gasteiger partial charge in [-0.3, -0.25) is 10.0 Å². The van der Waals surface area contributed by atoms with Crippen molar-refractivity contribution >= 4 is 5.96 Å². The third kappa shape index (κ3) is 3.47. The molecular formula is C11H25N7. The fourth-order valence-electron chi connectivity index (χ4n) is 2.35. The molecule has 2 fully saturated rings. The predicted molar refractivity (Wildman–Crippen MR) is 72.9 cm³/mol. The Morgan fingerprint density at radius 3 is 2.22 bits per heavy atom. The van der Waals surface area contributed by atoms with Crippen LogP contribution in [-0.2, 0) is 0 Å². The minimum absolute atomic E-state index is 0.612. The quantitative estimate of drug-likeness (QED) is 0.411. The molecular weight excluding hydrogens is 230 g/mol. The standard InChI is InChI=1S/C11H25N7/c1-2-18(17-9-5-14-6-10-17)11(12)15-16-7-3-13-4-8-16/h13-14H,2-10H2,1H3,(H2,12,15). The van der Waals surface area contributed by atoms with Gasteiger partial charge in [-0.1, -0.05) is 0 Å². The Bertz CT molecular complexity index is 269. The van der Waals surface area contributed by atoms with Crippen LogP contribution in [0.4, 0.5) is 0 Å². The van der Waals surface area contributed by atoms with E-state index in [0.29, 0.717) is 5.96 Å². The van der Waals surface area contributed by atoms with Gasteiger partial charge in [0.25, 0.3) is 0 Å². The number of nitrogens with two attached hydrogens (primary N) is 1. The zero-order valence-electron chi connectivity index (χ0n) is 11.2. The summed E-state index contributed by atoms with van der Waals surface area (Å²) in [6.45, 7) is 10.8. The minimum atomic E-state index is 0.612. The number of nitrogens with zero attached hydrogens (tertiary/aromatic N) is 4. The maximum Gasteiger partial charge on any atom is 0.228 e. The molecule has 7 heteroatoms. The molecule has 4 N–H and O–H groups in total. The Balaban J connectivity index is 1.94. The fourth-order valence-corrected chi connectivity index (χ4v) is 2.35. The van der Waals surface area contributed by atoms with Gasteiger partial charge in [-0.2, -0.15) is 0 Å². The van der Waals surface area contributed by atoms with E-state index in [1.807, 2.05) is 0 Å². The number of piperazine rings is 2. The van der Waals surface area contributed by atoms with E-state index in [1.54, 1.807) is 0 Å². The van der Waals surface area contributed by atoms with Gasteiger partial charge in [-0.15, -0.1) is 5.10 Å². The molecule has 0 amide bonds. The Morgan fingerprint density at radius 2 is 1.67 bits per heavy atom. The van der Waals surface area contributed by atoms with Gasteiger partial charge in [0.15, 0.2) is 0 Å². The molecule has 2 rings (SSSR count). The third-order valence-corrected chi connectivity index (χ3v) is 3.34. The van der Waals surface area contributed by atoms with Crippen LogP contribution in [0.15, 0.2) is 5.10 Å². The number of hydrogen-bond acceptors (Lipinski definition) is 5. The second-order valence-electron chi connectivity index (χ2n) is 4.58. The SMILES string of the molecule is CCN(C(N)=NN1CCNCC1)N1CCNCC1. The van der Waals surface area contributed by atoms with E-state index in [4.69, 9.17) is 5.73 Å². The van der Waals surface area contributed by atoms with Crippen molar-refractivity contribution in [3.8, 4) is 0 Å². The summed E-state index contributed by atoms with van der Waals surface area (Å²) >= 11 is 0. The average molecular weight is 255 g/mol. The van der Waals surface area contributed by atoms with E-state index in [1.165, 1.54) is 0 Å². The van der Waals surface area contributed by atoms with Gasteiger partial charge in [-0.25, -0.2) is 5.01 Å². The van der Waals surface area contributed by atoms with Crippen molar-refractivity contribution in [1.82, 2.24) is 25.7 Å². The first-order valence-electron chi connectivity index (χ1n) is 6.84. The summed E-state index contributed by atoms with van der Waals surface area (Å²) in [6.07, 6.45) is 0. The maximum atomic E-state index is 6.14. The second-order valence-corrected chi connectivity index (χ2v) is 4.58. The van der Waals surface area contributed by atoms with Gasteiger partial charge >= 0.3 is 0 Å². The number of hydrazone groups is 1. The summed E-state index contributed by atoms with van der Waals surface area (Å²) in [5.74, 6) is 0.612. The van der Waals surface area contributed by atoms with Crippen molar-refractivity contribution in [3.05, 3.63) is 0 Å². The van der Waals surface area contributed by atoms with Crippen LogP contribution in [0.3, 0.4) is 0 Å². The molecule has 0 spiro atoms. The van der Waals surface area contributed by atoms with Gasteiger partial charge in [0, 0.05) is 58.9 Å². The number of rotatable bonds is 3. The highest BCUT2D eigenvalue weighted by Crippen LogP contribution is 2.02. The number of guanidine groups is 1. The Kier molecular flexibility index (Phi) is 5.03. The molecule has 2 heterocycles. The molecule has 104 valence electrons. The van der Waals surface area contributed by atoms with E-state index in [0.717, 1.165) is 58.9 Å². The lowest BCUT2D eigenvalue weighted by atomic mass is 10.4. The lowest BCUT2D eigenvalue weighted by molar-refractivity contribution is 0.0328. The zero-order valence-corrected chi connectivity index (χ0v) is 11.2. The van der Waals surface area contributed by atoms with Crippen molar-refractivity contribution in [1.29, 1.82) is 0 Å². The fraction of sp³-hybridized carbons (Fsp3) is 0.909. The molecule has 0 bridgehead atoms. The van der Waals surface area contributed by atoms with Gasteiger partial charge in [0.1, 0.15) is 0 Å². The van der Waals surface area contributed by atoms with E-state index in [9.17, 15) is 0 Å². The van der Waals surface area contributed by atoms with E-state index >= 15 is 0 Å². The normalized spacial score (nSPS) is 23.2. The minimum Gasteiger partial charge on any atom is -0.367 e. The Hall–Kier alpha value is -1.05. The Labute approximate surface area is 109 Å². The van der Waals surface area contributed by atoms with Gasteiger partial charge in [0.2, 0.25) is 5.96 Å². The second kappa shape index (κ2) is 6.77. The summed E-state index contributed by atoms with van der Waals surface area (Å²) in [4.78, 5) is 0. The van der Waals surface area contributed by atoms with E-state index in [2.05, 4.69) is 37.7 Å².